The van der Waals surface area contributed by atoms with Gasteiger partial charge in [0.2, 0.25) is 6.29 Å². The Balaban J connectivity index is 1.86. The van der Waals surface area contributed by atoms with Crippen LogP contribution in [0.1, 0.15) is 18.9 Å². The molecule has 0 saturated carbocycles. The SMILES string of the molecule is CCC(=O)OC[C@H]1O[C@@H](Oc2ccccc2)[C@@](O)(Cc2ccc(OC)cc2)[C@@H](O)[C@@H]1O. The number of ether oxygens (including phenoxy) is 4. The molecule has 1 aliphatic rings. The number of carbonyl (C=O) groups is 1. The highest BCUT2D eigenvalue weighted by atomic mass is 16.7. The van der Waals surface area contributed by atoms with Crippen LogP contribution in [0, 0.1) is 0 Å². The van der Waals surface area contributed by atoms with Crippen molar-refractivity contribution < 1.29 is 39.1 Å². The summed E-state index contributed by atoms with van der Waals surface area (Å²) >= 11 is 0. The number of hydrogen-bond donors (Lipinski definition) is 3. The third kappa shape index (κ3) is 5.34. The van der Waals surface area contributed by atoms with Crippen molar-refractivity contribution in [3.8, 4) is 11.5 Å². The molecule has 5 atom stereocenters. The van der Waals surface area contributed by atoms with Gasteiger partial charge < -0.3 is 34.3 Å². The zero-order chi connectivity index (χ0) is 22.4. The van der Waals surface area contributed by atoms with Crippen LogP contribution < -0.4 is 9.47 Å². The molecule has 2 aromatic carbocycles. The molecule has 1 aliphatic heterocycles. The largest absolute Gasteiger partial charge is 0.497 e. The van der Waals surface area contributed by atoms with E-state index in [1.165, 1.54) is 0 Å². The van der Waals surface area contributed by atoms with E-state index in [-0.39, 0.29) is 19.4 Å². The standard InChI is InChI=1S/C23H28O8/c1-3-19(24)29-14-18-20(25)21(26)23(27,13-15-9-11-16(28-2)12-10-15)22(31-18)30-17-7-5-4-6-8-17/h4-12,18,20-22,25-27H,3,13-14H2,1-2H3/t18-,20-,21+,22-,23-/m1/s1. The minimum Gasteiger partial charge on any atom is -0.497 e. The summed E-state index contributed by atoms with van der Waals surface area (Å²) in [4.78, 5) is 11.5. The van der Waals surface area contributed by atoms with Crippen LogP contribution in [0.5, 0.6) is 11.5 Å². The molecule has 1 heterocycles. The first-order valence-electron chi connectivity index (χ1n) is 10.1. The lowest BCUT2D eigenvalue weighted by molar-refractivity contribution is -0.320. The number of aliphatic hydroxyl groups is 3. The monoisotopic (exact) mass is 432 g/mol. The number of aliphatic hydroxyl groups excluding tert-OH is 2. The zero-order valence-corrected chi connectivity index (χ0v) is 17.5. The summed E-state index contributed by atoms with van der Waals surface area (Å²) in [6.45, 7) is 1.36. The maximum atomic E-state index is 11.5. The number of hydrogen-bond acceptors (Lipinski definition) is 8. The van der Waals surface area contributed by atoms with E-state index in [1.54, 1.807) is 62.6 Å². The van der Waals surface area contributed by atoms with Crippen LogP contribution in [0.3, 0.4) is 0 Å². The van der Waals surface area contributed by atoms with E-state index < -0.39 is 36.2 Å². The van der Waals surface area contributed by atoms with Crippen LogP contribution in [0.4, 0.5) is 0 Å². The topological polar surface area (TPSA) is 115 Å². The Kier molecular flexibility index (Phi) is 7.50. The van der Waals surface area contributed by atoms with E-state index >= 15 is 0 Å². The average Bonchev–Trinajstić information content (AvgIpc) is 2.80. The van der Waals surface area contributed by atoms with Gasteiger partial charge in [-0.2, -0.15) is 0 Å². The molecular formula is C23H28O8. The zero-order valence-electron chi connectivity index (χ0n) is 17.5. The average molecular weight is 432 g/mol. The maximum Gasteiger partial charge on any atom is 0.305 e. The van der Waals surface area contributed by atoms with Crippen LogP contribution in [-0.4, -0.2) is 65.2 Å². The van der Waals surface area contributed by atoms with Crippen molar-refractivity contribution >= 4 is 5.97 Å². The summed E-state index contributed by atoms with van der Waals surface area (Å²) in [6, 6.07) is 15.6. The normalized spacial score (nSPS) is 28.0. The molecule has 8 nitrogen and oxygen atoms in total. The molecule has 0 amide bonds. The Morgan fingerprint density at radius 2 is 1.74 bits per heavy atom. The first-order valence-corrected chi connectivity index (χ1v) is 10.1. The van der Waals surface area contributed by atoms with Crippen LogP contribution in [0.25, 0.3) is 0 Å². The second-order valence-electron chi connectivity index (χ2n) is 7.43. The molecule has 1 fully saturated rings. The van der Waals surface area contributed by atoms with Gasteiger partial charge >= 0.3 is 5.97 Å². The maximum absolute atomic E-state index is 11.5. The number of methoxy groups -OCH3 is 1. The third-order valence-corrected chi connectivity index (χ3v) is 5.25. The summed E-state index contributed by atoms with van der Waals surface area (Å²) < 4.78 is 21.9. The van der Waals surface area contributed by atoms with Crippen molar-refractivity contribution in [3.05, 3.63) is 60.2 Å². The Morgan fingerprint density at radius 1 is 1.06 bits per heavy atom. The van der Waals surface area contributed by atoms with Crippen LogP contribution in [0.2, 0.25) is 0 Å². The van der Waals surface area contributed by atoms with Crippen LogP contribution in [-0.2, 0) is 20.7 Å². The number of rotatable bonds is 8. The highest BCUT2D eigenvalue weighted by molar-refractivity contribution is 5.68. The fourth-order valence-corrected chi connectivity index (χ4v) is 3.42. The molecule has 31 heavy (non-hydrogen) atoms. The molecule has 3 N–H and O–H groups in total. The van der Waals surface area contributed by atoms with Gasteiger partial charge in [-0.3, -0.25) is 4.79 Å². The third-order valence-electron chi connectivity index (χ3n) is 5.25. The molecule has 0 radical (unpaired) electrons. The Bertz CT molecular complexity index is 840. The van der Waals surface area contributed by atoms with Gasteiger partial charge in [0.1, 0.15) is 36.4 Å². The molecule has 0 unspecified atom stereocenters. The van der Waals surface area contributed by atoms with E-state index in [0.29, 0.717) is 17.1 Å². The lowest BCUT2D eigenvalue weighted by Crippen LogP contribution is -2.69. The van der Waals surface area contributed by atoms with Gasteiger partial charge in [-0.25, -0.2) is 0 Å². The van der Waals surface area contributed by atoms with Crippen molar-refractivity contribution in [1.29, 1.82) is 0 Å². The van der Waals surface area contributed by atoms with Gasteiger partial charge in [0, 0.05) is 12.8 Å². The minimum absolute atomic E-state index is 0.0613. The lowest BCUT2D eigenvalue weighted by atomic mass is 9.81. The van der Waals surface area contributed by atoms with E-state index in [0.717, 1.165) is 0 Å². The molecular weight excluding hydrogens is 404 g/mol. The molecule has 3 rings (SSSR count). The van der Waals surface area contributed by atoms with Gasteiger partial charge in [0.15, 0.2) is 5.60 Å². The summed E-state index contributed by atoms with van der Waals surface area (Å²) in [6.07, 6.45) is -5.42. The van der Waals surface area contributed by atoms with E-state index in [2.05, 4.69) is 0 Å². The van der Waals surface area contributed by atoms with Crippen molar-refractivity contribution in [2.75, 3.05) is 13.7 Å². The van der Waals surface area contributed by atoms with Crippen molar-refractivity contribution in [1.82, 2.24) is 0 Å². The highest BCUT2D eigenvalue weighted by Crippen LogP contribution is 2.35. The molecule has 168 valence electrons. The number of para-hydroxylation sites is 1. The summed E-state index contributed by atoms with van der Waals surface area (Å²) in [5, 5.41) is 32.9. The fraction of sp³-hybridized carbons (Fsp3) is 0.435. The van der Waals surface area contributed by atoms with Crippen LogP contribution in [0.15, 0.2) is 54.6 Å². The molecule has 1 saturated heterocycles. The Hall–Kier alpha value is -2.65. The summed E-state index contributed by atoms with van der Waals surface area (Å²) in [5.74, 6) is 0.588. The van der Waals surface area contributed by atoms with Gasteiger partial charge in [-0.1, -0.05) is 37.3 Å². The molecule has 0 spiro atoms. The Morgan fingerprint density at radius 3 is 2.35 bits per heavy atom. The summed E-state index contributed by atoms with van der Waals surface area (Å²) in [5.41, 5.74) is -1.30. The lowest BCUT2D eigenvalue weighted by Gasteiger charge is -2.47. The molecule has 0 bridgehead atoms. The van der Waals surface area contributed by atoms with Gasteiger partial charge in [0.05, 0.1) is 7.11 Å². The quantitative estimate of drug-likeness (QED) is 0.537. The molecule has 0 aromatic heterocycles. The molecule has 0 aliphatic carbocycles. The van der Waals surface area contributed by atoms with Gasteiger partial charge in [-0.15, -0.1) is 0 Å². The van der Waals surface area contributed by atoms with E-state index in [4.69, 9.17) is 18.9 Å². The van der Waals surface area contributed by atoms with Gasteiger partial charge in [-0.05, 0) is 29.8 Å². The van der Waals surface area contributed by atoms with Crippen molar-refractivity contribution in [2.24, 2.45) is 0 Å². The number of esters is 1. The first kappa shape index (κ1) is 23.0. The first-order chi connectivity index (χ1) is 14.9. The van der Waals surface area contributed by atoms with E-state index in [1.807, 2.05) is 6.07 Å². The van der Waals surface area contributed by atoms with Crippen molar-refractivity contribution in [3.63, 3.8) is 0 Å². The predicted molar refractivity (Wildman–Crippen MR) is 111 cm³/mol. The predicted octanol–water partition coefficient (Wildman–Crippen LogP) is 1.45. The molecule has 8 heteroatoms. The fourth-order valence-electron chi connectivity index (χ4n) is 3.42. The number of benzene rings is 2. The molecule has 2 aromatic rings. The van der Waals surface area contributed by atoms with E-state index in [9.17, 15) is 20.1 Å². The number of carbonyl (C=O) groups excluding carboxylic acids is 1. The summed E-state index contributed by atoms with van der Waals surface area (Å²) in [7, 11) is 1.55. The minimum atomic E-state index is -1.98. The van der Waals surface area contributed by atoms with Crippen LogP contribution >= 0.6 is 0 Å². The van der Waals surface area contributed by atoms with Crippen molar-refractivity contribution in [2.45, 2.75) is 50.0 Å². The second-order valence-corrected chi connectivity index (χ2v) is 7.43. The second kappa shape index (κ2) is 10.1. The van der Waals surface area contributed by atoms with Gasteiger partial charge in [0.25, 0.3) is 0 Å². The Labute approximate surface area is 180 Å². The smallest absolute Gasteiger partial charge is 0.305 e. The highest BCUT2D eigenvalue weighted by Gasteiger charge is 2.56.